The summed E-state index contributed by atoms with van der Waals surface area (Å²) in [5.74, 6) is 2.68. The van der Waals surface area contributed by atoms with Crippen LogP contribution in [0.15, 0.2) is 9.52 Å². The van der Waals surface area contributed by atoms with E-state index in [1.807, 2.05) is 25.6 Å². The van der Waals surface area contributed by atoms with E-state index in [1.54, 1.807) is 0 Å². The molecule has 0 aromatic carbocycles. The van der Waals surface area contributed by atoms with Crippen LogP contribution in [0.5, 0.6) is 0 Å². The molecule has 0 amide bonds. The Balaban J connectivity index is 1.98. The number of amidine groups is 1. The first-order valence-corrected chi connectivity index (χ1v) is 7.85. The Labute approximate surface area is 119 Å². The van der Waals surface area contributed by atoms with Crippen molar-refractivity contribution in [3.63, 3.8) is 0 Å². The van der Waals surface area contributed by atoms with Crippen molar-refractivity contribution in [2.24, 2.45) is 10.9 Å². The summed E-state index contributed by atoms with van der Waals surface area (Å²) >= 11 is 1.82. The van der Waals surface area contributed by atoms with Gasteiger partial charge in [0.2, 0.25) is 0 Å². The lowest BCUT2D eigenvalue weighted by atomic mass is 10.1. The molecule has 106 valence electrons. The predicted molar refractivity (Wildman–Crippen MR) is 80.7 cm³/mol. The minimum Gasteiger partial charge on any atom is -0.361 e. The van der Waals surface area contributed by atoms with Crippen LogP contribution in [-0.4, -0.2) is 22.1 Å². The zero-order chi connectivity index (χ0) is 14.0. The molecule has 0 saturated carbocycles. The molecule has 0 fully saturated rings. The summed E-state index contributed by atoms with van der Waals surface area (Å²) < 4.78 is 5.22. The highest BCUT2D eigenvalue weighted by Crippen LogP contribution is 2.26. The minimum atomic E-state index is 0.190. The fourth-order valence-electron chi connectivity index (χ4n) is 2.52. The van der Waals surface area contributed by atoms with Crippen molar-refractivity contribution >= 4 is 16.9 Å². The van der Waals surface area contributed by atoms with Crippen molar-refractivity contribution in [2.45, 2.75) is 53.1 Å². The van der Waals surface area contributed by atoms with Gasteiger partial charge in [-0.05, 0) is 33.1 Å². The average molecular weight is 281 g/mol. The number of hydrogen-bond acceptors (Lipinski definition) is 5. The van der Waals surface area contributed by atoms with Crippen molar-refractivity contribution in [1.82, 2.24) is 10.5 Å². The summed E-state index contributed by atoms with van der Waals surface area (Å²) in [6.07, 6.45) is 1.16. The highest BCUT2D eigenvalue weighted by Gasteiger charge is 2.22. The van der Waals surface area contributed by atoms with Crippen molar-refractivity contribution < 1.29 is 4.52 Å². The van der Waals surface area contributed by atoms with Gasteiger partial charge in [0.25, 0.3) is 0 Å². The molecule has 2 heterocycles. The summed E-state index contributed by atoms with van der Waals surface area (Å²) in [5.41, 5.74) is 2.11. The van der Waals surface area contributed by atoms with Gasteiger partial charge in [0.05, 0.1) is 17.8 Å². The quantitative estimate of drug-likeness (QED) is 0.918. The molecule has 0 aliphatic carbocycles. The fourth-order valence-corrected chi connectivity index (χ4v) is 3.57. The zero-order valence-corrected chi connectivity index (χ0v) is 13.2. The van der Waals surface area contributed by atoms with Crippen LogP contribution in [0, 0.1) is 19.8 Å². The van der Waals surface area contributed by atoms with E-state index in [2.05, 4.69) is 31.2 Å². The first kappa shape index (κ1) is 14.4. The van der Waals surface area contributed by atoms with Crippen molar-refractivity contribution in [3.8, 4) is 0 Å². The Morgan fingerprint density at radius 2 is 2.11 bits per heavy atom. The van der Waals surface area contributed by atoms with Crippen LogP contribution < -0.4 is 5.32 Å². The molecule has 2 atom stereocenters. The number of hydrogen-bond donors (Lipinski definition) is 1. The Hall–Kier alpha value is -0.970. The largest absolute Gasteiger partial charge is 0.361 e. The SMILES string of the molecule is Cc1noc(C)c1C(C)NC1=NC(CC(C)C)CS1. The molecule has 1 aromatic rings. The number of aryl methyl sites for hydroxylation is 2. The van der Waals surface area contributed by atoms with Gasteiger partial charge in [0.1, 0.15) is 5.76 Å². The molecule has 1 aromatic heterocycles. The van der Waals surface area contributed by atoms with Gasteiger partial charge in [0, 0.05) is 11.3 Å². The average Bonchev–Trinajstić information content (AvgIpc) is 2.85. The number of nitrogens with zero attached hydrogens (tertiary/aromatic N) is 2. The smallest absolute Gasteiger partial charge is 0.157 e. The molecule has 0 bridgehead atoms. The highest BCUT2D eigenvalue weighted by molar-refractivity contribution is 8.14. The van der Waals surface area contributed by atoms with E-state index < -0.39 is 0 Å². The molecule has 4 nitrogen and oxygen atoms in total. The fraction of sp³-hybridized carbons (Fsp3) is 0.714. The molecule has 19 heavy (non-hydrogen) atoms. The Morgan fingerprint density at radius 1 is 1.37 bits per heavy atom. The van der Waals surface area contributed by atoms with Gasteiger partial charge >= 0.3 is 0 Å². The number of nitrogens with one attached hydrogen (secondary N) is 1. The Bertz CT molecular complexity index is 448. The Kier molecular flexibility index (Phi) is 4.55. The normalized spacial score (nSPS) is 20.7. The summed E-state index contributed by atoms with van der Waals surface area (Å²) in [4.78, 5) is 4.75. The van der Waals surface area contributed by atoms with Gasteiger partial charge in [-0.2, -0.15) is 0 Å². The lowest BCUT2D eigenvalue weighted by molar-refractivity contribution is 0.391. The minimum absolute atomic E-state index is 0.190. The van der Waals surface area contributed by atoms with E-state index in [-0.39, 0.29) is 6.04 Å². The van der Waals surface area contributed by atoms with Crippen molar-refractivity contribution in [3.05, 3.63) is 17.0 Å². The van der Waals surface area contributed by atoms with E-state index in [0.717, 1.165) is 34.4 Å². The van der Waals surface area contributed by atoms with Crippen LogP contribution in [0.1, 0.15) is 50.3 Å². The van der Waals surface area contributed by atoms with Crippen LogP contribution in [0.25, 0.3) is 0 Å². The summed E-state index contributed by atoms with van der Waals surface area (Å²) in [6.45, 7) is 10.6. The first-order valence-electron chi connectivity index (χ1n) is 6.87. The second-order valence-corrected chi connectivity index (χ2v) is 6.64. The summed E-state index contributed by atoms with van der Waals surface area (Å²) in [6, 6.07) is 0.652. The third kappa shape index (κ3) is 3.53. The molecule has 1 N–H and O–H groups in total. The maximum absolute atomic E-state index is 5.22. The van der Waals surface area contributed by atoms with E-state index in [0.29, 0.717) is 12.0 Å². The molecular formula is C14H23N3OS. The standard InChI is InChI=1S/C14H23N3OS/c1-8(2)6-12-7-19-14(16-12)15-9(3)13-10(4)17-18-11(13)5/h8-9,12H,6-7H2,1-5H3,(H,15,16). The van der Waals surface area contributed by atoms with Gasteiger partial charge in [0.15, 0.2) is 5.17 Å². The molecule has 0 radical (unpaired) electrons. The maximum Gasteiger partial charge on any atom is 0.157 e. The molecule has 2 unspecified atom stereocenters. The van der Waals surface area contributed by atoms with Gasteiger partial charge in [-0.3, -0.25) is 4.99 Å². The van der Waals surface area contributed by atoms with Crippen molar-refractivity contribution in [1.29, 1.82) is 0 Å². The molecule has 1 aliphatic heterocycles. The molecular weight excluding hydrogens is 258 g/mol. The third-order valence-electron chi connectivity index (χ3n) is 3.32. The van der Waals surface area contributed by atoms with Crippen LogP contribution >= 0.6 is 11.8 Å². The van der Waals surface area contributed by atoms with E-state index in [1.165, 1.54) is 0 Å². The summed E-state index contributed by atoms with van der Waals surface area (Å²) in [5, 5.41) is 8.54. The molecule has 5 heteroatoms. The Morgan fingerprint density at radius 3 is 2.68 bits per heavy atom. The predicted octanol–water partition coefficient (Wildman–Crippen LogP) is 3.46. The van der Waals surface area contributed by atoms with Crippen LogP contribution in [-0.2, 0) is 0 Å². The molecule has 0 saturated heterocycles. The second-order valence-electron chi connectivity index (χ2n) is 5.63. The maximum atomic E-state index is 5.22. The molecule has 1 aliphatic rings. The number of rotatable bonds is 4. The van der Waals surface area contributed by atoms with E-state index in [9.17, 15) is 0 Å². The molecule has 2 rings (SSSR count). The van der Waals surface area contributed by atoms with Gasteiger partial charge < -0.3 is 9.84 Å². The van der Waals surface area contributed by atoms with E-state index in [4.69, 9.17) is 9.52 Å². The van der Waals surface area contributed by atoms with Crippen LogP contribution in [0.3, 0.4) is 0 Å². The van der Waals surface area contributed by atoms with Gasteiger partial charge in [-0.15, -0.1) is 0 Å². The zero-order valence-electron chi connectivity index (χ0n) is 12.4. The third-order valence-corrected chi connectivity index (χ3v) is 4.37. The number of aliphatic imine (C=N–C) groups is 1. The van der Waals surface area contributed by atoms with Crippen LogP contribution in [0.2, 0.25) is 0 Å². The lowest BCUT2D eigenvalue weighted by Gasteiger charge is -2.14. The second kappa shape index (κ2) is 5.99. The van der Waals surface area contributed by atoms with Crippen LogP contribution in [0.4, 0.5) is 0 Å². The van der Waals surface area contributed by atoms with Crippen molar-refractivity contribution in [2.75, 3.05) is 5.75 Å². The van der Waals surface area contributed by atoms with Gasteiger partial charge in [-0.25, -0.2) is 0 Å². The summed E-state index contributed by atoms with van der Waals surface area (Å²) in [7, 11) is 0. The monoisotopic (exact) mass is 281 g/mol. The number of thioether (sulfide) groups is 1. The molecule has 0 spiro atoms. The topological polar surface area (TPSA) is 50.4 Å². The highest BCUT2D eigenvalue weighted by atomic mass is 32.2. The lowest BCUT2D eigenvalue weighted by Crippen LogP contribution is -2.23. The van der Waals surface area contributed by atoms with Gasteiger partial charge in [-0.1, -0.05) is 30.8 Å². The van der Waals surface area contributed by atoms with E-state index >= 15 is 0 Å². The number of aromatic nitrogens is 1. The first-order chi connectivity index (χ1) is 8.97.